The second-order valence-corrected chi connectivity index (χ2v) is 6.72. The van der Waals surface area contributed by atoms with Crippen molar-refractivity contribution in [2.75, 3.05) is 7.11 Å². The number of esters is 1. The van der Waals surface area contributed by atoms with Gasteiger partial charge in [-0.05, 0) is 35.9 Å². The monoisotopic (exact) mass is 439 g/mol. The smallest absolute Gasteiger partial charge is 0.328 e. The minimum absolute atomic E-state index is 0.323. The van der Waals surface area contributed by atoms with Crippen LogP contribution in [0, 0.1) is 0 Å². The largest absolute Gasteiger partial charge is 0.467 e. The Morgan fingerprint density at radius 2 is 1.74 bits per heavy atom. The van der Waals surface area contributed by atoms with E-state index in [2.05, 4.69) is 37.2 Å². The number of methoxy groups -OCH3 is 1. The van der Waals surface area contributed by atoms with Gasteiger partial charge in [0.25, 0.3) is 5.91 Å². The normalized spacial score (nSPS) is 11.6. The topological polar surface area (TPSA) is 55.4 Å². The van der Waals surface area contributed by atoms with E-state index in [4.69, 9.17) is 4.74 Å². The fraction of sp³-hybridized carbons (Fsp3) is 0.176. The van der Waals surface area contributed by atoms with Crippen molar-refractivity contribution in [3.05, 3.63) is 68.6 Å². The zero-order valence-corrected chi connectivity index (χ0v) is 15.6. The summed E-state index contributed by atoms with van der Waals surface area (Å²) in [6.45, 7) is 0. The summed E-state index contributed by atoms with van der Waals surface area (Å²) >= 11 is 6.72. The Bertz CT molecular complexity index is 718. The van der Waals surface area contributed by atoms with Crippen LogP contribution < -0.4 is 5.32 Å². The first-order chi connectivity index (χ1) is 11.0. The van der Waals surface area contributed by atoms with E-state index in [0.29, 0.717) is 12.0 Å². The summed E-state index contributed by atoms with van der Waals surface area (Å²) in [5, 5.41) is 2.73. The molecule has 4 nitrogen and oxygen atoms in total. The number of ether oxygens (including phenoxy) is 1. The van der Waals surface area contributed by atoms with Crippen molar-refractivity contribution in [2.24, 2.45) is 0 Å². The molecule has 0 saturated carbocycles. The molecule has 0 unspecified atom stereocenters. The Morgan fingerprint density at radius 3 is 2.35 bits per heavy atom. The van der Waals surface area contributed by atoms with Crippen LogP contribution in [0.15, 0.2) is 57.5 Å². The standard InChI is InChI=1S/C17H15Br2NO3/c1-23-17(22)15(9-11-4-2-6-13(18)8-11)20-16(21)12-5-3-7-14(19)10-12/h2-8,10,15H,9H2,1H3,(H,20,21)/t15-/m1/s1. The van der Waals surface area contributed by atoms with Crippen molar-refractivity contribution in [1.82, 2.24) is 5.32 Å². The maximum atomic E-state index is 12.3. The van der Waals surface area contributed by atoms with Crippen LogP contribution in [0.4, 0.5) is 0 Å². The molecule has 2 aromatic carbocycles. The van der Waals surface area contributed by atoms with Crippen LogP contribution in [-0.2, 0) is 16.0 Å². The number of nitrogens with one attached hydrogen (secondary N) is 1. The van der Waals surface area contributed by atoms with Crippen molar-refractivity contribution < 1.29 is 14.3 Å². The Kier molecular flexibility index (Phi) is 6.36. The van der Waals surface area contributed by atoms with E-state index in [0.717, 1.165) is 14.5 Å². The van der Waals surface area contributed by atoms with Crippen molar-refractivity contribution in [3.63, 3.8) is 0 Å². The number of carbonyl (C=O) groups is 2. The summed E-state index contributed by atoms with van der Waals surface area (Å²) in [5.41, 5.74) is 1.40. The highest BCUT2D eigenvalue weighted by Gasteiger charge is 2.22. The van der Waals surface area contributed by atoms with Gasteiger partial charge < -0.3 is 10.1 Å². The van der Waals surface area contributed by atoms with E-state index >= 15 is 0 Å². The molecule has 0 aliphatic heterocycles. The zero-order valence-electron chi connectivity index (χ0n) is 12.4. The second-order valence-electron chi connectivity index (χ2n) is 4.89. The van der Waals surface area contributed by atoms with Gasteiger partial charge in [-0.15, -0.1) is 0 Å². The highest BCUT2D eigenvalue weighted by molar-refractivity contribution is 9.10. The van der Waals surface area contributed by atoms with Gasteiger partial charge in [-0.2, -0.15) is 0 Å². The molecule has 0 saturated heterocycles. The fourth-order valence-corrected chi connectivity index (χ4v) is 2.95. The number of rotatable bonds is 5. The summed E-state index contributed by atoms with van der Waals surface area (Å²) in [7, 11) is 1.31. The van der Waals surface area contributed by atoms with E-state index in [1.165, 1.54) is 7.11 Å². The summed E-state index contributed by atoms with van der Waals surface area (Å²) < 4.78 is 6.51. The lowest BCUT2D eigenvalue weighted by molar-refractivity contribution is -0.142. The molecule has 2 aromatic rings. The lowest BCUT2D eigenvalue weighted by atomic mass is 10.1. The molecule has 1 amide bonds. The van der Waals surface area contributed by atoms with E-state index in [1.54, 1.807) is 18.2 Å². The molecule has 0 aliphatic rings. The van der Waals surface area contributed by atoms with E-state index in [9.17, 15) is 9.59 Å². The maximum Gasteiger partial charge on any atom is 0.328 e. The molecule has 6 heteroatoms. The van der Waals surface area contributed by atoms with Crippen LogP contribution in [0.1, 0.15) is 15.9 Å². The number of benzene rings is 2. The summed E-state index contributed by atoms with van der Waals surface area (Å²) in [4.78, 5) is 24.3. The van der Waals surface area contributed by atoms with Gasteiger partial charge in [0.1, 0.15) is 6.04 Å². The highest BCUT2D eigenvalue weighted by atomic mass is 79.9. The van der Waals surface area contributed by atoms with Gasteiger partial charge in [0, 0.05) is 20.9 Å². The first-order valence-corrected chi connectivity index (χ1v) is 8.47. The zero-order chi connectivity index (χ0) is 16.8. The van der Waals surface area contributed by atoms with Gasteiger partial charge in [0.15, 0.2) is 0 Å². The Morgan fingerprint density at radius 1 is 1.09 bits per heavy atom. The van der Waals surface area contributed by atoms with Gasteiger partial charge in [0.05, 0.1) is 7.11 Å². The van der Waals surface area contributed by atoms with E-state index in [1.807, 2.05) is 30.3 Å². The second kappa shape index (κ2) is 8.26. The number of hydrogen-bond acceptors (Lipinski definition) is 3. The van der Waals surface area contributed by atoms with Crippen LogP contribution in [0.2, 0.25) is 0 Å². The number of halogens is 2. The van der Waals surface area contributed by atoms with Crippen LogP contribution in [-0.4, -0.2) is 25.0 Å². The van der Waals surface area contributed by atoms with Crippen LogP contribution >= 0.6 is 31.9 Å². The molecule has 23 heavy (non-hydrogen) atoms. The molecule has 0 aliphatic carbocycles. The van der Waals surface area contributed by atoms with E-state index in [-0.39, 0.29) is 5.91 Å². The lowest BCUT2D eigenvalue weighted by Crippen LogP contribution is -2.43. The maximum absolute atomic E-state index is 12.3. The first kappa shape index (κ1) is 17.7. The molecule has 2 rings (SSSR count). The third-order valence-corrected chi connectivity index (χ3v) is 4.19. The molecule has 0 spiro atoms. The molecule has 0 bridgehead atoms. The average molecular weight is 441 g/mol. The predicted molar refractivity (Wildman–Crippen MR) is 95.3 cm³/mol. The summed E-state index contributed by atoms with van der Waals surface area (Å²) in [6, 6.07) is 13.8. The third-order valence-electron chi connectivity index (χ3n) is 3.21. The number of carbonyl (C=O) groups excluding carboxylic acids is 2. The van der Waals surface area contributed by atoms with Gasteiger partial charge in [-0.3, -0.25) is 4.79 Å². The molecular weight excluding hydrogens is 426 g/mol. The SMILES string of the molecule is COC(=O)[C@@H](Cc1cccc(Br)c1)NC(=O)c1cccc(Br)c1. The molecule has 1 atom stereocenters. The Balaban J connectivity index is 2.15. The molecule has 120 valence electrons. The van der Waals surface area contributed by atoms with E-state index < -0.39 is 12.0 Å². The number of hydrogen-bond donors (Lipinski definition) is 1. The van der Waals surface area contributed by atoms with Gasteiger partial charge in [0.2, 0.25) is 0 Å². The van der Waals surface area contributed by atoms with Crippen LogP contribution in [0.5, 0.6) is 0 Å². The van der Waals surface area contributed by atoms with Crippen LogP contribution in [0.3, 0.4) is 0 Å². The molecular formula is C17H15Br2NO3. The molecule has 1 N–H and O–H groups in total. The Labute approximate surface area is 151 Å². The minimum Gasteiger partial charge on any atom is -0.467 e. The van der Waals surface area contributed by atoms with Gasteiger partial charge in [-0.1, -0.05) is 50.1 Å². The van der Waals surface area contributed by atoms with Crippen molar-refractivity contribution >= 4 is 43.7 Å². The van der Waals surface area contributed by atoms with Gasteiger partial charge in [-0.25, -0.2) is 4.79 Å². The first-order valence-electron chi connectivity index (χ1n) is 6.88. The van der Waals surface area contributed by atoms with Crippen molar-refractivity contribution in [1.29, 1.82) is 0 Å². The van der Waals surface area contributed by atoms with Crippen LogP contribution in [0.25, 0.3) is 0 Å². The van der Waals surface area contributed by atoms with Crippen molar-refractivity contribution in [3.8, 4) is 0 Å². The summed E-state index contributed by atoms with van der Waals surface area (Å²) in [5.74, 6) is -0.801. The quantitative estimate of drug-likeness (QED) is 0.720. The Hall–Kier alpha value is -1.66. The molecule has 0 heterocycles. The minimum atomic E-state index is -0.749. The highest BCUT2D eigenvalue weighted by Crippen LogP contribution is 2.15. The van der Waals surface area contributed by atoms with Gasteiger partial charge >= 0.3 is 5.97 Å². The fourth-order valence-electron chi connectivity index (χ4n) is 2.11. The molecule has 0 fully saturated rings. The predicted octanol–water partition coefficient (Wildman–Crippen LogP) is 3.73. The number of amides is 1. The third kappa shape index (κ3) is 5.18. The average Bonchev–Trinajstić information content (AvgIpc) is 2.53. The summed E-state index contributed by atoms with van der Waals surface area (Å²) in [6.07, 6.45) is 0.353. The molecule has 0 aromatic heterocycles. The molecule has 0 radical (unpaired) electrons. The lowest BCUT2D eigenvalue weighted by Gasteiger charge is -2.17. The van der Waals surface area contributed by atoms with Crippen molar-refractivity contribution in [2.45, 2.75) is 12.5 Å².